The predicted molar refractivity (Wildman–Crippen MR) is 90.7 cm³/mol. The summed E-state index contributed by atoms with van der Waals surface area (Å²) in [4.78, 5) is 13.2. The molecule has 0 bridgehead atoms. The summed E-state index contributed by atoms with van der Waals surface area (Å²) in [6.45, 7) is 4.55. The number of fused-ring (bicyclic) bond motifs is 1. The second kappa shape index (κ2) is 6.99. The first-order chi connectivity index (χ1) is 10.7. The molecule has 1 aliphatic heterocycles. The summed E-state index contributed by atoms with van der Waals surface area (Å²) in [5.74, 6) is 0.532. The van der Waals surface area contributed by atoms with Crippen molar-refractivity contribution in [2.45, 2.75) is 31.5 Å². The van der Waals surface area contributed by atoms with Crippen LogP contribution in [0.1, 0.15) is 22.3 Å². The van der Waals surface area contributed by atoms with Crippen LogP contribution in [-0.2, 0) is 24.4 Å². The molecule has 0 saturated carbocycles. The molecule has 0 unspecified atom stereocenters. The Kier molecular flexibility index (Phi) is 4.80. The summed E-state index contributed by atoms with van der Waals surface area (Å²) in [7, 11) is 0. The number of thioether (sulfide) groups is 1. The number of carbonyl (C=O) groups is 1. The van der Waals surface area contributed by atoms with E-state index >= 15 is 0 Å². The maximum atomic E-state index is 12.0. The van der Waals surface area contributed by atoms with Gasteiger partial charge in [-0.15, -0.1) is 11.8 Å². The maximum absolute atomic E-state index is 12.0. The van der Waals surface area contributed by atoms with Crippen molar-refractivity contribution in [3.05, 3.63) is 64.7 Å². The Morgan fingerprint density at radius 3 is 2.86 bits per heavy atom. The molecule has 22 heavy (non-hydrogen) atoms. The van der Waals surface area contributed by atoms with Crippen LogP contribution in [0.15, 0.2) is 47.4 Å². The van der Waals surface area contributed by atoms with Gasteiger partial charge in [0.25, 0.3) is 0 Å². The first kappa shape index (κ1) is 15.1. The molecule has 0 saturated heterocycles. The highest BCUT2D eigenvalue weighted by Crippen LogP contribution is 2.21. The van der Waals surface area contributed by atoms with Gasteiger partial charge in [0.1, 0.15) is 0 Å². The van der Waals surface area contributed by atoms with Gasteiger partial charge in [-0.1, -0.05) is 36.4 Å². The zero-order chi connectivity index (χ0) is 15.4. The lowest BCUT2D eigenvalue weighted by Crippen LogP contribution is -2.24. The molecule has 0 atom stereocenters. The third-order valence-electron chi connectivity index (χ3n) is 3.84. The van der Waals surface area contributed by atoms with E-state index in [0.29, 0.717) is 12.3 Å². The summed E-state index contributed by atoms with van der Waals surface area (Å²) in [5, 5.41) is 6.33. The molecule has 1 aliphatic rings. The zero-order valence-corrected chi connectivity index (χ0v) is 13.5. The highest BCUT2D eigenvalue weighted by molar-refractivity contribution is 8.00. The zero-order valence-electron chi connectivity index (χ0n) is 12.7. The molecule has 1 amide bonds. The number of hydrogen-bond acceptors (Lipinski definition) is 3. The monoisotopic (exact) mass is 312 g/mol. The van der Waals surface area contributed by atoms with Crippen LogP contribution >= 0.6 is 11.8 Å². The standard InChI is InChI=1S/C18H20N2OS/c1-13-4-2-3-5-17(13)22-12-18(21)20-9-14-6-7-15-10-19-11-16(15)8-14/h2-8,19H,9-12H2,1H3,(H,20,21). The SMILES string of the molecule is Cc1ccccc1SCC(=O)NCc1ccc2c(c1)CNC2. The maximum Gasteiger partial charge on any atom is 0.230 e. The van der Waals surface area contributed by atoms with Gasteiger partial charge >= 0.3 is 0 Å². The van der Waals surface area contributed by atoms with Crippen molar-refractivity contribution in [1.82, 2.24) is 10.6 Å². The predicted octanol–water partition coefficient (Wildman–Crippen LogP) is 3.01. The molecule has 0 aliphatic carbocycles. The van der Waals surface area contributed by atoms with Crippen molar-refractivity contribution in [2.75, 3.05) is 5.75 Å². The van der Waals surface area contributed by atoms with Crippen molar-refractivity contribution in [1.29, 1.82) is 0 Å². The fraction of sp³-hybridized carbons (Fsp3) is 0.278. The molecular formula is C18H20N2OS. The molecular weight excluding hydrogens is 292 g/mol. The van der Waals surface area contributed by atoms with Gasteiger partial charge in [0, 0.05) is 24.5 Å². The molecule has 0 radical (unpaired) electrons. The Morgan fingerprint density at radius 1 is 1.18 bits per heavy atom. The largest absolute Gasteiger partial charge is 0.351 e. The Bertz CT molecular complexity index is 685. The molecule has 0 spiro atoms. The van der Waals surface area contributed by atoms with Crippen LogP contribution in [0.5, 0.6) is 0 Å². The molecule has 3 nitrogen and oxygen atoms in total. The van der Waals surface area contributed by atoms with E-state index in [0.717, 1.165) is 18.7 Å². The number of aryl methyl sites for hydroxylation is 1. The Hall–Kier alpha value is -1.78. The normalized spacial score (nSPS) is 13.0. The summed E-state index contributed by atoms with van der Waals surface area (Å²) in [6.07, 6.45) is 0. The van der Waals surface area contributed by atoms with Crippen LogP contribution in [-0.4, -0.2) is 11.7 Å². The average Bonchev–Trinajstić information content (AvgIpc) is 2.99. The quantitative estimate of drug-likeness (QED) is 0.834. The Balaban J connectivity index is 1.49. The number of carbonyl (C=O) groups excluding carboxylic acids is 1. The van der Waals surface area contributed by atoms with E-state index in [4.69, 9.17) is 0 Å². The highest BCUT2D eigenvalue weighted by Gasteiger charge is 2.10. The van der Waals surface area contributed by atoms with Crippen LogP contribution in [0.25, 0.3) is 0 Å². The van der Waals surface area contributed by atoms with Gasteiger partial charge in [0.05, 0.1) is 5.75 Å². The van der Waals surface area contributed by atoms with Gasteiger partial charge in [0.15, 0.2) is 0 Å². The molecule has 114 valence electrons. The summed E-state index contributed by atoms with van der Waals surface area (Å²) in [5.41, 5.74) is 5.09. The smallest absolute Gasteiger partial charge is 0.230 e. The lowest BCUT2D eigenvalue weighted by Gasteiger charge is -2.08. The fourth-order valence-electron chi connectivity index (χ4n) is 2.57. The van der Waals surface area contributed by atoms with Crippen molar-refractivity contribution >= 4 is 17.7 Å². The first-order valence-electron chi connectivity index (χ1n) is 7.49. The average molecular weight is 312 g/mol. The van der Waals surface area contributed by atoms with Gasteiger partial charge in [-0.2, -0.15) is 0 Å². The minimum Gasteiger partial charge on any atom is -0.351 e. The minimum absolute atomic E-state index is 0.0758. The van der Waals surface area contributed by atoms with E-state index in [2.05, 4.69) is 47.9 Å². The molecule has 3 rings (SSSR count). The van der Waals surface area contributed by atoms with E-state index < -0.39 is 0 Å². The Morgan fingerprint density at radius 2 is 2.00 bits per heavy atom. The fourth-order valence-corrected chi connectivity index (χ4v) is 3.43. The van der Waals surface area contributed by atoms with Crippen molar-refractivity contribution < 1.29 is 4.79 Å². The second-order valence-corrected chi connectivity index (χ2v) is 6.55. The number of amides is 1. The van der Waals surface area contributed by atoms with Crippen molar-refractivity contribution in [2.24, 2.45) is 0 Å². The van der Waals surface area contributed by atoms with E-state index in [9.17, 15) is 4.79 Å². The van der Waals surface area contributed by atoms with Gasteiger partial charge < -0.3 is 10.6 Å². The minimum atomic E-state index is 0.0758. The topological polar surface area (TPSA) is 41.1 Å². The number of rotatable bonds is 5. The van der Waals surface area contributed by atoms with Crippen LogP contribution in [0.2, 0.25) is 0 Å². The van der Waals surface area contributed by atoms with E-state index in [1.807, 2.05) is 12.1 Å². The van der Waals surface area contributed by atoms with E-state index in [-0.39, 0.29) is 5.91 Å². The van der Waals surface area contributed by atoms with Crippen molar-refractivity contribution in [3.8, 4) is 0 Å². The molecule has 1 heterocycles. The van der Waals surface area contributed by atoms with E-state index in [1.165, 1.54) is 21.6 Å². The molecule has 2 aromatic rings. The van der Waals surface area contributed by atoms with Crippen LogP contribution in [0, 0.1) is 6.92 Å². The summed E-state index contributed by atoms with van der Waals surface area (Å²) < 4.78 is 0. The highest BCUT2D eigenvalue weighted by atomic mass is 32.2. The molecule has 2 N–H and O–H groups in total. The van der Waals surface area contributed by atoms with Gasteiger partial charge in [0.2, 0.25) is 5.91 Å². The Labute approximate surface area is 135 Å². The molecule has 0 aromatic heterocycles. The molecule has 2 aromatic carbocycles. The number of hydrogen-bond donors (Lipinski definition) is 2. The van der Waals surface area contributed by atoms with Crippen LogP contribution in [0.4, 0.5) is 0 Å². The third kappa shape index (κ3) is 3.70. The van der Waals surface area contributed by atoms with Crippen molar-refractivity contribution in [3.63, 3.8) is 0 Å². The lowest BCUT2D eigenvalue weighted by atomic mass is 10.1. The lowest BCUT2D eigenvalue weighted by molar-refractivity contribution is -0.118. The molecule has 4 heteroatoms. The molecule has 0 fully saturated rings. The number of benzene rings is 2. The second-order valence-electron chi connectivity index (χ2n) is 5.54. The number of nitrogens with one attached hydrogen (secondary N) is 2. The van der Waals surface area contributed by atoms with Crippen LogP contribution in [0.3, 0.4) is 0 Å². The van der Waals surface area contributed by atoms with Crippen LogP contribution < -0.4 is 10.6 Å². The summed E-state index contributed by atoms with van der Waals surface area (Å²) >= 11 is 1.59. The summed E-state index contributed by atoms with van der Waals surface area (Å²) in [6, 6.07) is 14.6. The first-order valence-corrected chi connectivity index (χ1v) is 8.47. The van der Waals surface area contributed by atoms with Gasteiger partial charge in [-0.3, -0.25) is 4.79 Å². The van der Waals surface area contributed by atoms with Gasteiger partial charge in [-0.05, 0) is 35.2 Å². The van der Waals surface area contributed by atoms with Gasteiger partial charge in [-0.25, -0.2) is 0 Å². The van der Waals surface area contributed by atoms with E-state index in [1.54, 1.807) is 11.8 Å². The third-order valence-corrected chi connectivity index (χ3v) is 5.02.